The number of nitrogens with zero attached hydrogens (tertiary/aromatic N) is 2. The van der Waals surface area contributed by atoms with Gasteiger partial charge in [-0.05, 0) is 24.3 Å². The molecule has 24 heavy (non-hydrogen) atoms. The Hall–Kier alpha value is -3.55. The van der Waals surface area contributed by atoms with E-state index in [4.69, 9.17) is 4.52 Å². The first kappa shape index (κ1) is 15.3. The van der Waals surface area contributed by atoms with E-state index in [0.29, 0.717) is 5.56 Å². The maximum atomic E-state index is 13.6. The summed E-state index contributed by atoms with van der Waals surface area (Å²) in [5.41, 5.74) is -0.0761. The zero-order valence-electron chi connectivity index (χ0n) is 12.1. The smallest absolute Gasteiger partial charge is 0.343 e. The Kier molecular flexibility index (Phi) is 4.02. The van der Waals surface area contributed by atoms with Gasteiger partial charge in [0, 0.05) is 18.0 Å². The number of carbonyl (C=O) groups is 2. The average molecular weight is 327 g/mol. The highest BCUT2D eigenvalue weighted by atomic mass is 19.1. The third kappa shape index (κ3) is 2.84. The predicted octanol–water partition coefficient (Wildman–Crippen LogP) is 2.83. The van der Waals surface area contributed by atoms with Gasteiger partial charge in [-0.2, -0.15) is 0 Å². The second-order valence-electron chi connectivity index (χ2n) is 4.71. The van der Waals surface area contributed by atoms with Crippen molar-refractivity contribution in [1.29, 1.82) is 0 Å². The molecule has 0 saturated heterocycles. The van der Waals surface area contributed by atoms with Crippen molar-refractivity contribution in [3.05, 3.63) is 65.7 Å². The van der Waals surface area contributed by atoms with Crippen LogP contribution in [0.5, 0.6) is 0 Å². The SMILES string of the molecule is O=C(Nc1onc(-c2ccncc2)c1C(=O)O)c1ccccc1F. The Morgan fingerprint density at radius 3 is 2.50 bits per heavy atom. The van der Waals surface area contributed by atoms with E-state index in [1.807, 2.05) is 0 Å². The Morgan fingerprint density at radius 2 is 1.83 bits per heavy atom. The number of carboxylic acid groups (broad SMARTS) is 1. The summed E-state index contributed by atoms with van der Waals surface area (Å²) in [6.45, 7) is 0. The topological polar surface area (TPSA) is 105 Å². The number of amides is 1. The minimum Gasteiger partial charge on any atom is -0.477 e. The quantitative estimate of drug-likeness (QED) is 0.763. The standard InChI is InChI=1S/C16H10FN3O4/c17-11-4-2-1-3-10(11)14(21)19-15-12(16(22)23)13(20-24-15)9-5-7-18-8-6-9/h1-8H,(H,19,21)(H,22,23). The molecule has 0 unspecified atom stereocenters. The number of hydrogen-bond acceptors (Lipinski definition) is 5. The number of aromatic carboxylic acids is 1. The van der Waals surface area contributed by atoms with E-state index in [2.05, 4.69) is 15.5 Å². The molecule has 0 aliphatic rings. The summed E-state index contributed by atoms with van der Waals surface area (Å²) in [7, 11) is 0. The Balaban J connectivity index is 1.98. The molecule has 0 fully saturated rings. The Bertz CT molecular complexity index is 909. The lowest BCUT2D eigenvalue weighted by atomic mass is 10.1. The molecule has 0 spiro atoms. The summed E-state index contributed by atoms with van der Waals surface area (Å²) in [5.74, 6) is -3.29. The van der Waals surface area contributed by atoms with Gasteiger partial charge in [-0.3, -0.25) is 15.1 Å². The normalized spacial score (nSPS) is 10.4. The number of aromatic nitrogens is 2. The molecule has 0 saturated carbocycles. The number of carbonyl (C=O) groups excluding carboxylic acids is 1. The lowest BCUT2D eigenvalue weighted by Crippen LogP contribution is -2.15. The number of pyridine rings is 1. The van der Waals surface area contributed by atoms with E-state index >= 15 is 0 Å². The van der Waals surface area contributed by atoms with Crippen LogP contribution in [0.2, 0.25) is 0 Å². The third-order valence-corrected chi connectivity index (χ3v) is 3.21. The van der Waals surface area contributed by atoms with Crippen LogP contribution in [0.25, 0.3) is 11.3 Å². The van der Waals surface area contributed by atoms with Crippen molar-refractivity contribution in [2.24, 2.45) is 0 Å². The monoisotopic (exact) mass is 327 g/mol. The molecule has 120 valence electrons. The fraction of sp³-hybridized carbons (Fsp3) is 0. The molecule has 1 aromatic carbocycles. The molecule has 0 bridgehead atoms. The molecular formula is C16H10FN3O4. The van der Waals surface area contributed by atoms with E-state index in [1.54, 1.807) is 12.1 Å². The van der Waals surface area contributed by atoms with Gasteiger partial charge >= 0.3 is 5.97 Å². The second-order valence-corrected chi connectivity index (χ2v) is 4.71. The zero-order chi connectivity index (χ0) is 17.1. The van der Waals surface area contributed by atoms with Gasteiger partial charge in [0.25, 0.3) is 5.91 Å². The van der Waals surface area contributed by atoms with Crippen LogP contribution in [0.3, 0.4) is 0 Å². The average Bonchev–Trinajstić information content (AvgIpc) is 2.99. The van der Waals surface area contributed by atoms with Gasteiger partial charge in [0.05, 0.1) is 5.56 Å². The van der Waals surface area contributed by atoms with Crippen LogP contribution in [-0.2, 0) is 0 Å². The number of carboxylic acids is 1. The highest BCUT2D eigenvalue weighted by Crippen LogP contribution is 2.29. The van der Waals surface area contributed by atoms with Crippen molar-refractivity contribution in [3.8, 4) is 11.3 Å². The lowest BCUT2D eigenvalue weighted by molar-refractivity contribution is 0.0698. The van der Waals surface area contributed by atoms with Crippen molar-refractivity contribution in [3.63, 3.8) is 0 Å². The largest absolute Gasteiger partial charge is 0.477 e. The van der Waals surface area contributed by atoms with Crippen molar-refractivity contribution in [1.82, 2.24) is 10.1 Å². The molecule has 0 aliphatic carbocycles. The van der Waals surface area contributed by atoms with Crippen LogP contribution in [0, 0.1) is 5.82 Å². The minimum absolute atomic E-state index is 0.0359. The molecule has 7 nitrogen and oxygen atoms in total. The van der Waals surface area contributed by atoms with Gasteiger partial charge in [-0.1, -0.05) is 17.3 Å². The van der Waals surface area contributed by atoms with Gasteiger partial charge in [0.2, 0.25) is 5.88 Å². The van der Waals surface area contributed by atoms with Crippen LogP contribution in [0.4, 0.5) is 10.3 Å². The van der Waals surface area contributed by atoms with Crippen molar-refractivity contribution >= 4 is 17.8 Å². The van der Waals surface area contributed by atoms with Crippen LogP contribution in [-0.4, -0.2) is 27.1 Å². The molecule has 0 aliphatic heterocycles. The number of halogens is 1. The maximum absolute atomic E-state index is 13.6. The van der Waals surface area contributed by atoms with E-state index in [0.717, 1.165) is 6.07 Å². The van der Waals surface area contributed by atoms with Crippen molar-refractivity contribution in [2.45, 2.75) is 0 Å². The highest BCUT2D eigenvalue weighted by Gasteiger charge is 2.26. The van der Waals surface area contributed by atoms with Crippen LogP contribution < -0.4 is 5.32 Å². The summed E-state index contributed by atoms with van der Waals surface area (Å²) in [6.07, 6.45) is 2.93. The summed E-state index contributed by atoms with van der Waals surface area (Å²) < 4.78 is 18.6. The molecule has 0 atom stereocenters. The van der Waals surface area contributed by atoms with E-state index in [9.17, 15) is 19.1 Å². The van der Waals surface area contributed by atoms with E-state index in [1.165, 1.54) is 30.6 Å². The number of hydrogen-bond donors (Lipinski definition) is 2. The Labute approximate surface area is 134 Å². The molecule has 2 heterocycles. The van der Waals surface area contributed by atoms with Crippen LogP contribution in [0.15, 0.2) is 53.3 Å². The number of nitrogens with one attached hydrogen (secondary N) is 1. The molecule has 3 rings (SSSR count). The number of rotatable bonds is 4. The van der Waals surface area contributed by atoms with E-state index < -0.39 is 17.7 Å². The second kappa shape index (κ2) is 6.29. The fourth-order valence-electron chi connectivity index (χ4n) is 2.10. The molecule has 3 aromatic rings. The number of anilines is 1. The molecule has 8 heteroatoms. The Morgan fingerprint density at radius 1 is 1.12 bits per heavy atom. The summed E-state index contributed by atoms with van der Waals surface area (Å²) in [6, 6.07) is 8.41. The van der Waals surface area contributed by atoms with Crippen LogP contribution in [0.1, 0.15) is 20.7 Å². The molecular weight excluding hydrogens is 317 g/mol. The van der Waals surface area contributed by atoms with Crippen molar-refractivity contribution in [2.75, 3.05) is 5.32 Å². The minimum atomic E-state index is -1.34. The molecule has 0 radical (unpaired) electrons. The van der Waals surface area contributed by atoms with Crippen LogP contribution >= 0.6 is 0 Å². The summed E-state index contributed by atoms with van der Waals surface area (Å²) in [5, 5.41) is 15.3. The molecule has 2 N–H and O–H groups in total. The first-order valence-corrected chi connectivity index (χ1v) is 6.77. The summed E-state index contributed by atoms with van der Waals surface area (Å²) >= 11 is 0. The van der Waals surface area contributed by atoms with Gasteiger partial charge in [-0.15, -0.1) is 0 Å². The number of benzene rings is 1. The molecule has 2 aromatic heterocycles. The van der Waals surface area contributed by atoms with E-state index in [-0.39, 0.29) is 22.7 Å². The first-order chi connectivity index (χ1) is 11.6. The zero-order valence-corrected chi connectivity index (χ0v) is 12.1. The van der Waals surface area contributed by atoms with Gasteiger partial charge in [0.15, 0.2) is 5.56 Å². The maximum Gasteiger partial charge on any atom is 0.343 e. The molecule has 1 amide bonds. The van der Waals surface area contributed by atoms with Gasteiger partial charge in [0.1, 0.15) is 11.5 Å². The highest BCUT2D eigenvalue weighted by molar-refractivity contribution is 6.08. The van der Waals surface area contributed by atoms with Crippen molar-refractivity contribution < 1.29 is 23.6 Å². The van der Waals surface area contributed by atoms with Gasteiger partial charge in [-0.25, -0.2) is 9.18 Å². The third-order valence-electron chi connectivity index (χ3n) is 3.21. The predicted molar refractivity (Wildman–Crippen MR) is 81.0 cm³/mol. The first-order valence-electron chi connectivity index (χ1n) is 6.77. The lowest BCUT2D eigenvalue weighted by Gasteiger charge is -2.04. The summed E-state index contributed by atoms with van der Waals surface area (Å²) in [4.78, 5) is 27.5. The fourth-order valence-corrected chi connectivity index (χ4v) is 2.10. The van der Waals surface area contributed by atoms with Gasteiger partial charge < -0.3 is 9.63 Å².